The van der Waals surface area contributed by atoms with Gasteiger partial charge in [-0.25, -0.2) is 8.42 Å². The molecule has 0 aliphatic rings. The maximum Gasteiger partial charge on any atom is 0.261 e. The van der Waals surface area contributed by atoms with E-state index in [1.54, 1.807) is 36.4 Å². The standard InChI is InChI=1S/C21H21N3O6S/c1-29-17-9-7-16(8-10-17)24-31(27,28)19-6-2-4-15(12-19)21(26)23-14-20(25)22-13-18-5-3-11-30-18/h2-12,24H,13-14H2,1H3,(H,22,25)(H,23,26). The van der Waals surface area contributed by atoms with Crippen LogP contribution in [-0.4, -0.2) is 33.9 Å². The number of carbonyl (C=O) groups is 2. The molecule has 0 saturated carbocycles. The van der Waals surface area contributed by atoms with Crippen LogP contribution < -0.4 is 20.1 Å². The fourth-order valence-electron chi connectivity index (χ4n) is 2.60. The van der Waals surface area contributed by atoms with Crippen molar-refractivity contribution in [2.24, 2.45) is 0 Å². The molecule has 31 heavy (non-hydrogen) atoms. The molecule has 0 fully saturated rings. The Hall–Kier alpha value is -3.79. The third-order valence-electron chi connectivity index (χ3n) is 4.20. The van der Waals surface area contributed by atoms with Gasteiger partial charge in [-0.15, -0.1) is 0 Å². The summed E-state index contributed by atoms with van der Waals surface area (Å²) in [6.45, 7) is -0.0624. The summed E-state index contributed by atoms with van der Waals surface area (Å²) >= 11 is 0. The predicted octanol–water partition coefficient (Wildman–Crippen LogP) is 2.14. The minimum absolute atomic E-state index is 0.0850. The molecule has 0 radical (unpaired) electrons. The lowest BCUT2D eigenvalue weighted by atomic mass is 10.2. The molecule has 0 saturated heterocycles. The molecule has 0 bridgehead atoms. The van der Waals surface area contributed by atoms with E-state index in [9.17, 15) is 18.0 Å². The van der Waals surface area contributed by atoms with Crippen LogP contribution in [0.5, 0.6) is 5.75 Å². The molecule has 9 nitrogen and oxygen atoms in total. The van der Waals surface area contributed by atoms with Gasteiger partial charge in [-0.2, -0.15) is 0 Å². The maximum atomic E-state index is 12.6. The summed E-state index contributed by atoms with van der Waals surface area (Å²) in [5.41, 5.74) is 0.459. The zero-order chi connectivity index (χ0) is 22.3. The minimum atomic E-state index is -3.91. The summed E-state index contributed by atoms with van der Waals surface area (Å²) in [6, 6.07) is 15.3. The lowest BCUT2D eigenvalue weighted by Gasteiger charge is -2.10. The summed E-state index contributed by atoms with van der Waals surface area (Å²) < 4.78 is 37.9. The Morgan fingerprint density at radius 2 is 1.77 bits per heavy atom. The number of rotatable bonds is 9. The Labute approximate surface area is 179 Å². The number of ether oxygens (including phenoxy) is 1. The molecule has 3 rings (SSSR count). The lowest BCUT2D eigenvalue weighted by molar-refractivity contribution is -0.120. The number of hydrogen-bond donors (Lipinski definition) is 3. The van der Waals surface area contributed by atoms with Gasteiger partial charge in [0.05, 0.1) is 31.4 Å². The van der Waals surface area contributed by atoms with Crippen LogP contribution in [0, 0.1) is 0 Å². The largest absolute Gasteiger partial charge is 0.497 e. The van der Waals surface area contributed by atoms with E-state index < -0.39 is 21.8 Å². The van der Waals surface area contributed by atoms with E-state index in [4.69, 9.17) is 9.15 Å². The first-order valence-corrected chi connectivity index (χ1v) is 10.7. The maximum absolute atomic E-state index is 12.6. The highest BCUT2D eigenvalue weighted by atomic mass is 32.2. The third-order valence-corrected chi connectivity index (χ3v) is 5.58. The normalized spacial score (nSPS) is 10.9. The Morgan fingerprint density at radius 1 is 1.00 bits per heavy atom. The van der Waals surface area contributed by atoms with Gasteiger partial charge in [-0.1, -0.05) is 6.07 Å². The zero-order valence-corrected chi connectivity index (χ0v) is 17.4. The Morgan fingerprint density at radius 3 is 2.45 bits per heavy atom. The third kappa shape index (κ3) is 6.09. The van der Waals surface area contributed by atoms with E-state index in [-0.39, 0.29) is 23.5 Å². The van der Waals surface area contributed by atoms with E-state index >= 15 is 0 Å². The van der Waals surface area contributed by atoms with Gasteiger partial charge < -0.3 is 19.8 Å². The van der Waals surface area contributed by atoms with Gasteiger partial charge in [0.15, 0.2) is 0 Å². The number of furan rings is 1. The molecule has 0 unspecified atom stereocenters. The van der Waals surface area contributed by atoms with Crippen molar-refractivity contribution in [2.75, 3.05) is 18.4 Å². The zero-order valence-electron chi connectivity index (χ0n) is 16.6. The summed E-state index contributed by atoms with van der Waals surface area (Å²) in [4.78, 5) is 24.1. The van der Waals surface area contributed by atoms with Crippen LogP contribution >= 0.6 is 0 Å². The Balaban J connectivity index is 1.60. The molecule has 162 valence electrons. The Bertz CT molecular complexity index is 1140. The monoisotopic (exact) mass is 443 g/mol. The highest BCUT2D eigenvalue weighted by molar-refractivity contribution is 7.92. The minimum Gasteiger partial charge on any atom is -0.497 e. The molecule has 3 N–H and O–H groups in total. The van der Waals surface area contributed by atoms with Crippen LogP contribution in [-0.2, 0) is 21.4 Å². The van der Waals surface area contributed by atoms with E-state index in [1.165, 1.54) is 37.6 Å². The molecule has 10 heteroatoms. The van der Waals surface area contributed by atoms with Gasteiger partial charge in [0.2, 0.25) is 5.91 Å². The first-order chi connectivity index (χ1) is 14.9. The topological polar surface area (TPSA) is 127 Å². The van der Waals surface area contributed by atoms with Crippen molar-refractivity contribution >= 4 is 27.5 Å². The number of methoxy groups -OCH3 is 1. The van der Waals surface area contributed by atoms with E-state index in [0.29, 0.717) is 17.2 Å². The van der Waals surface area contributed by atoms with E-state index in [2.05, 4.69) is 15.4 Å². The quantitative estimate of drug-likeness (QED) is 0.465. The van der Waals surface area contributed by atoms with Crippen LogP contribution in [0.4, 0.5) is 5.69 Å². The number of anilines is 1. The van der Waals surface area contributed by atoms with Crippen molar-refractivity contribution in [2.45, 2.75) is 11.4 Å². The summed E-state index contributed by atoms with van der Waals surface area (Å²) in [6.07, 6.45) is 1.49. The molecule has 3 aromatic rings. The van der Waals surface area contributed by atoms with Gasteiger partial charge in [0.1, 0.15) is 11.5 Å². The van der Waals surface area contributed by atoms with Crippen molar-refractivity contribution in [3.8, 4) is 5.75 Å². The summed E-state index contributed by atoms with van der Waals surface area (Å²) in [5, 5.41) is 5.06. The second-order valence-corrected chi connectivity index (χ2v) is 8.08. The fraction of sp³-hybridized carbons (Fsp3) is 0.143. The molecule has 0 atom stereocenters. The molecule has 2 aromatic carbocycles. The molecule has 1 heterocycles. The number of sulfonamides is 1. The number of nitrogens with one attached hydrogen (secondary N) is 3. The molecule has 0 aliphatic heterocycles. The van der Waals surface area contributed by atoms with Gasteiger partial charge >= 0.3 is 0 Å². The van der Waals surface area contributed by atoms with Crippen molar-refractivity contribution in [3.63, 3.8) is 0 Å². The predicted molar refractivity (Wildman–Crippen MR) is 113 cm³/mol. The second kappa shape index (κ2) is 9.81. The van der Waals surface area contributed by atoms with Crippen LogP contribution in [0.3, 0.4) is 0 Å². The molecular formula is C21H21N3O6S. The van der Waals surface area contributed by atoms with Crippen LogP contribution in [0.15, 0.2) is 76.2 Å². The first kappa shape index (κ1) is 21.9. The van der Waals surface area contributed by atoms with E-state index in [1.807, 2.05) is 0 Å². The molecule has 1 aromatic heterocycles. The van der Waals surface area contributed by atoms with Gasteiger partial charge in [0, 0.05) is 11.3 Å². The number of carbonyl (C=O) groups excluding carboxylic acids is 2. The second-order valence-electron chi connectivity index (χ2n) is 6.40. The lowest BCUT2D eigenvalue weighted by Crippen LogP contribution is -2.36. The van der Waals surface area contributed by atoms with Crippen LogP contribution in [0.2, 0.25) is 0 Å². The summed E-state index contributed by atoms with van der Waals surface area (Å²) in [7, 11) is -2.40. The van der Waals surface area contributed by atoms with Gasteiger partial charge in [-0.3, -0.25) is 14.3 Å². The highest BCUT2D eigenvalue weighted by Gasteiger charge is 2.17. The average Bonchev–Trinajstić information content (AvgIpc) is 3.30. The summed E-state index contributed by atoms with van der Waals surface area (Å²) in [5.74, 6) is 0.195. The number of benzene rings is 2. The molecular weight excluding hydrogens is 422 g/mol. The van der Waals surface area contributed by atoms with Crippen LogP contribution in [0.1, 0.15) is 16.1 Å². The Kier molecular flexibility index (Phi) is 6.93. The molecule has 0 spiro atoms. The van der Waals surface area contributed by atoms with Crippen molar-refractivity contribution in [1.82, 2.24) is 10.6 Å². The van der Waals surface area contributed by atoms with Crippen molar-refractivity contribution in [3.05, 3.63) is 78.3 Å². The smallest absolute Gasteiger partial charge is 0.261 e. The van der Waals surface area contributed by atoms with Crippen LogP contribution in [0.25, 0.3) is 0 Å². The number of amides is 2. The highest BCUT2D eigenvalue weighted by Crippen LogP contribution is 2.20. The number of hydrogen-bond acceptors (Lipinski definition) is 6. The van der Waals surface area contributed by atoms with E-state index in [0.717, 1.165) is 0 Å². The SMILES string of the molecule is COc1ccc(NS(=O)(=O)c2cccc(C(=O)NCC(=O)NCc3ccco3)c2)cc1. The van der Waals surface area contributed by atoms with Crippen molar-refractivity contribution < 1.29 is 27.2 Å². The van der Waals surface area contributed by atoms with Gasteiger partial charge in [0.25, 0.3) is 15.9 Å². The first-order valence-electron chi connectivity index (χ1n) is 9.21. The molecule has 0 aliphatic carbocycles. The molecule has 2 amide bonds. The van der Waals surface area contributed by atoms with Gasteiger partial charge in [-0.05, 0) is 54.6 Å². The average molecular weight is 443 g/mol. The fourth-order valence-corrected chi connectivity index (χ4v) is 3.71. The van der Waals surface area contributed by atoms with Crippen molar-refractivity contribution in [1.29, 1.82) is 0 Å².